The van der Waals surface area contributed by atoms with Crippen molar-refractivity contribution < 1.29 is 0 Å². The molecule has 2 aromatic rings. The molecule has 2 rings (SSSR count). The minimum absolute atomic E-state index is 0.300. The summed E-state index contributed by atoms with van der Waals surface area (Å²) in [5, 5.41) is 1.32. The predicted molar refractivity (Wildman–Crippen MR) is 69.6 cm³/mol. The molecule has 2 heteroatoms. The van der Waals surface area contributed by atoms with Gasteiger partial charge in [-0.15, -0.1) is 0 Å². The first kappa shape index (κ1) is 11.2. The van der Waals surface area contributed by atoms with Gasteiger partial charge in [0.25, 0.3) is 0 Å². The largest absolute Gasteiger partial charge is 0.346 e. The third-order valence-electron chi connectivity index (χ3n) is 3.22. The maximum Gasteiger partial charge on any atom is 0.0509 e. The van der Waals surface area contributed by atoms with Crippen molar-refractivity contribution in [1.29, 1.82) is 0 Å². The average molecular weight is 216 g/mol. The molecule has 1 heterocycles. The summed E-state index contributed by atoms with van der Waals surface area (Å²) in [6.45, 7) is 8.40. The first-order chi connectivity index (χ1) is 7.32. The Morgan fingerprint density at radius 2 is 1.81 bits per heavy atom. The molecule has 0 bridgehead atoms. The SMILES string of the molecule is Cc1ccc2c(c1)c(C)c(C(C)(C)N)n2C. The minimum atomic E-state index is -0.300. The number of nitrogens with zero attached hydrogens (tertiary/aromatic N) is 1. The lowest BCUT2D eigenvalue weighted by molar-refractivity contribution is 0.513. The maximum atomic E-state index is 6.24. The zero-order valence-corrected chi connectivity index (χ0v) is 10.8. The first-order valence-electron chi connectivity index (χ1n) is 5.67. The van der Waals surface area contributed by atoms with Crippen molar-refractivity contribution >= 4 is 10.9 Å². The van der Waals surface area contributed by atoms with Crippen LogP contribution in [-0.4, -0.2) is 4.57 Å². The highest BCUT2D eigenvalue weighted by molar-refractivity contribution is 5.86. The summed E-state index contributed by atoms with van der Waals surface area (Å²) in [5.41, 5.74) is 11.0. The smallest absolute Gasteiger partial charge is 0.0509 e. The first-order valence-corrected chi connectivity index (χ1v) is 5.67. The summed E-state index contributed by atoms with van der Waals surface area (Å²) in [7, 11) is 2.09. The average Bonchev–Trinajstić information content (AvgIpc) is 2.38. The van der Waals surface area contributed by atoms with E-state index >= 15 is 0 Å². The molecule has 0 aliphatic heterocycles. The Hall–Kier alpha value is -1.28. The van der Waals surface area contributed by atoms with Gasteiger partial charge in [0.2, 0.25) is 0 Å². The van der Waals surface area contributed by atoms with Gasteiger partial charge in [0.05, 0.1) is 5.54 Å². The van der Waals surface area contributed by atoms with Crippen LogP contribution in [0.5, 0.6) is 0 Å². The van der Waals surface area contributed by atoms with E-state index in [1.54, 1.807) is 0 Å². The van der Waals surface area contributed by atoms with E-state index in [2.05, 4.69) is 57.5 Å². The molecule has 0 saturated carbocycles. The number of aryl methyl sites for hydroxylation is 3. The lowest BCUT2D eigenvalue weighted by Gasteiger charge is -2.21. The van der Waals surface area contributed by atoms with Crippen molar-refractivity contribution in [2.75, 3.05) is 0 Å². The molecule has 2 nitrogen and oxygen atoms in total. The predicted octanol–water partition coefficient (Wildman–Crippen LogP) is 2.99. The second kappa shape index (κ2) is 3.36. The Morgan fingerprint density at radius 1 is 1.19 bits per heavy atom. The highest BCUT2D eigenvalue weighted by Crippen LogP contribution is 2.31. The third-order valence-corrected chi connectivity index (χ3v) is 3.22. The van der Waals surface area contributed by atoms with E-state index in [4.69, 9.17) is 5.73 Å². The summed E-state index contributed by atoms with van der Waals surface area (Å²) in [4.78, 5) is 0. The summed E-state index contributed by atoms with van der Waals surface area (Å²) >= 11 is 0. The van der Waals surface area contributed by atoms with Crippen LogP contribution in [0.15, 0.2) is 18.2 Å². The number of benzene rings is 1. The molecule has 16 heavy (non-hydrogen) atoms. The van der Waals surface area contributed by atoms with Gasteiger partial charge in [0, 0.05) is 23.6 Å². The summed E-state index contributed by atoms with van der Waals surface area (Å²) in [6, 6.07) is 6.56. The number of nitrogens with two attached hydrogens (primary N) is 1. The Balaban J connectivity index is 2.87. The van der Waals surface area contributed by atoms with Crippen LogP contribution in [0.1, 0.15) is 30.7 Å². The fourth-order valence-electron chi connectivity index (χ4n) is 2.66. The van der Waals surface area contributed by atoms with Gasteiger partial charge in [0.1, 0.15) is 0 Å². The fourth-order valence-corrected chi connectivity index (χ4v) is 2.66. The lowest BCUT2D eigenvalue weighted by atomic mass is 9.97. The molecule has 0 amide bonds. The van der Waals surface area contributed by atoms with E-state index in [9.17, 15) is 0 Å². The van der Waals surface area contributed by atoms with Gasteiger partial charge < -0.3 is 10.3 Å². The molecule has 0 unspecified atom stereocenters. The van der Waals surface area contributed by atoms with Gasteiger partial charge in [-0.2, -0.15) is 0 Å². The van der Waals surface area contributed by atoms with Crippen LogP contribution < -0.4 is 5.73 Å². The van der Waals surface area contributed by atoms with Crippen molar-refractivity contribution in [1.82, 2.24) is 4.57 Å². The van der Waals surface area contributed by atoms with Crippen LogP contribution in [0.2, 0.25) is 0 Å². The molecule has 0 aliphatic carbocycles. The number of fused-ring (bicyclic) bond motifs is 1. The standard InChI is InChI=1S/C14H20N2/c1-9-6-7-12-11(8-9)10(2)13(16(12)5)14(3,4)15/h6-8H,15H2,1-5H3. The lowest BCUT2D eigenvalue weighted by Crippen LogP contribution is -2.31. The normalized spacial score (nSPS) is 12.4. The van der Waals surface area contributed by atoms with E-state index in [0.717, 1.165) is 0 Å². The highest BCUT2D eigenvalue weighted by Gasteiger charge is 2.23. The molecule has 1 aromatic carbocycles. The van der Waals surface area contributed by atoms with E-state index in [0.29, 0.717) is 0 Å². The van der Waals surface area contributed by atoms with Gasteiger partial charge in [-0.3, -0.25) is 0 Å². The Kier molecular flexibility index (Phi) is 2.35. The fraction of sp³-hybridized carbons (Fsp3) is 0.429. The van der Waals surface area contributed by atoms with E-state index in [1.165, 1.54) is 27.7 Å². The second-order valence-electron chi connectivity index (χ2n) is 5.27. The molecule has 0 saturated heterocycles. The highest BCUT2D eigenvalue weighted by atomic mass is 15.0. The van der Waals surface area contributed by atoms with Crippen LogP contribution in [0.4, 0.5) is 0 Å². The van der Waals surface area contributed by atoms with Crippen LogP contribution >= 0.6 is 0 Å². The molecular weight excluding hydrogens is 196 g/mol. The number of hydrogen-bond acceptors (Lipinski definition) is 1. The van der Waals surface area contributed by atoms with Crippen molar-refractivity contribution in [2.45, 2.75) is 33.2 Å². The quantitative estimate of drug-likeness (QED) is 0.780. The van der Waals surface area contributed by atoms with Gasteiger partial charge in [-0.05, 0) is 45.4 Å². The third kappa shape index (κ3) is 1.54. The monoisotopic (exact) mass is 216 g/mol. The van der Waals surface area contributed by atoms with Crippen LogP contribution in [-0.2, 0) is 12.6 Å². The molecule has 0 fully saturated rings. The molecule has 86 valence electrons. The Labute approximate surface area is 97.1 Å². The van der Waals surface area contributed by atoms with Crippen molar-refractivity contribution in [3.8, 4) is 0 Å². The van der Waals surface area contributed by atoms with E-state index in [-0.39, 0.29) is 5.54 Å². The molecule has 1 aromatic heterocycles. The zero-order chi connectivity index (χ0) is 12.1. The number of rotatable bonds is 1. The topological polar surface area (TPSA) is 30.9 Å². The number of aromatic nitrogens is 1. The van der Waals surface area contributed by atoms with Crippen LogP contribution in [0.3, 0.4) is 0 Å². The summed E-state index contributed by atoms with van der Waals surface area (Å²) < 4.78 is 2.21. The Bertz CT molecular complexity index is 542. The Morgan fingerprint density at radius 3 is 2.38 bits per heavy atom. The van der Waals surface area contributed by atoms with Gasteiger partial charge in [0.15, 0.2) is 0 Å². The number of hydrogen-bond donors (Lipinski definition) is 1. The van der Waals surface area contributed by atoms with Crippen LogP contribution in [0, 0.1) is 13.8 Å². The molecule has 2 N–H and O–H groups in total. The molecular formula is C14H20N2. The van der Waals surface area contributed by atoms with Gasteiger partial charge >= 0.3 is 0 Å². The zero-order valence-electron chi connectivity index (χ0n) is 10.8. The second-order valence-corrected chi connectivity index (χ2v) is 5.27. The molecule has 0 radical (unpaired) electrons. The molecule has 0 atom stereocenters. The summed E-state index contributed by atoms with van der Waals surface area (Å²) in [6.07, 6.45) is 0. The van der Waals surface area contributed by atoms with Gasteiger partial charge in [-0.1, -0.05) is 11.6 Å². The van der Waals surface area contributed by atoms with E-state index < -0.39 is 0 Å². The maximum absolute atomic E-state index is 6.24. The van der Waals surface area contributed by atoms with Crippen LogP contribution in [0.25, 0.3) is 10.9 Å². The minimum Gasteiger partial charge on any atom is -0.346 e. The van der Waals surface area contributed by atoms with E-state index in [1.807, 2.05) is 0 Å². The van der Waals surface area contributed by atoms with Crippen molar-refractivity contribution in [3.63, 3.8) is 0 Å². The molecule has 0 spiro atoms. The summed E-state index contributed by atoms with van der Waals surface area (Å²) in [5.74, 6) is 0. The molecule has 0 aliphatic rings. The van der Waals surface area contributed by atoms with Crippen molar-refractivity contribution in [3.05, 3.63) is 35.0 Å². The van der Waals surface area contributed by atoms with Gasteiger partial charge in [-0.25, -0.2) is 0 Å². The van der Waals surface area contributed by atoms with Crippen molar-refractivity contribution in [2.24, 2.45) is 12.8 Å².